The van der Waals surface area contributed by atoms with E-state index in [1.54, 1.807) is 6.20 Å². The van der Waals surface area contributed by atoms with E-state index in [4.69, 9.17) is 0 Å². The summed E-state index contributed by atoms with van der Waals surface area (Å²) in [5, 5.41) is 3.34. The molecule has 0 aliphatic carbocycles. The third kappa shape index (κ3) is 2.15. The van der Waals surface area contributed by atoms with Crippen LogP contribution in [0.2, 0.25) is 0 Å². The van der Waals surface area contributed by atoms with Crippen LogP contribution in [0.4, 0.5) is 0 Å². The van der Waals surface area contributed by atoms with Crippen molar-refractivity contribution in [3.05, 3.63) is 39.8 Å². The first-order valence-corrected chi connectivity index (χ1v) is 6.72. The SMILES string of the molecule is Cc1nc(-c2ccc(Br)cn2)nc2c1CCNC2. The van der Waals surface area contributed by atoms with E-state index >= 15 is 0 Å². The van der Waals surface area contributed by atoms with Gasteiger partial charge < -0.3 is 5.32 Å². The molecule has 0 saturated heterocycles. The molecular weight excluding hydrogens is 292 g/mol. The summed E-state index contributed by atoms with van der Waals surface area (Å²) in [6, 6.07) is 3.89. The predicted octanol–water partition coefficient (Wildman–Crippen LogP) is 2.26. The lowest BCUT2D eigenvalue weighted by Gasteiger charge is -2.18. The lowest BCUT2D eigenvalue weighted by Crippen LogP contribution is -2.26. The Hall–Kier alpha value is -1.33. The molecule has 92 valence electrons. The number of aryl methyl sites for hydroxylation is 1. The lowest BCUT2D eigenvalue weighted by atomic mass is 10.0. The second-order valence-corrected chi connectivity index (χ2v) is 5.26. The first-order chi connectivity index (χ1) is 8.74. The Morgan fingerprint density at radius 2 is 2.17 bits per heavy atom. The Kier molecular flexibility index (Phi) is 3.09. The second-order valence-electron chi connectivity index (χ2n) is 4.35. The maximum atomic E-state index is 4.62. The lowest BCUT2D eigenvalue weighted by molar-refractivity contribution is 0.620. The maximum Gasteiger partial charge on any atom is 0.178 e. The van der Waals surface area contributed by atoms with E-state index in [0.717, 1.165) is 41.1 Å². The largest absolute Gasteiger partial charge is 0.311 e. The zero-order valence-corrected chi connectivity index (χ0v) is 11.7. The van der Waals surface area contributed by atoms with Crippen molar-refractivity contribution in [2.75, 3.05) is 6.54 Å². The minimum atomic E-state index is 0.711. The Morgan fingerprint density at radius 3 is 2.94 bits per heavy atom. The summed E-state index contributed by atoms with van der Waals surface area (Å²) in [7, 11) is 0. The molecule has 2 aromatic rings. The second kappa shape index (κ2) is 4.74. The summed E-state index contributed by atoms with van der Waals surface area (Å²) in [5.41, 5.74) is 4.28. The van der Waals surface area contributed by atoms with Crippen LogP contribution in [0.1, 0.15) is 17.0 Å². The Bertz CT molecular complexity index is 580. The van der Waals surface area contributed by atoms with Gasteiger partial charge in [0.25, 0.3) is 0 Å². The van der Waals surface area contributed by atoms with Crippen LogP contribution in [0, 0.1) is 6.92 Å². The molecule has 0 amide bonds. The first-order valence-electron chi connectivity index (χ1n) is 5.93. The average Bonchev–Trinajstić information content (AvgIpc) is 2.39. The van der Waals surface area contributed by atoms with Crippen LogP contribution in [0.5, 0.6) is 0 Å². The van der Waals surface area contributed by atoms with E-state index in [1.165, 1.54) is 5.56 Å². The topological polar surface area (TPSA) is 50.7 Å². The number of fused-ring (bicyclic) bond motifs is 1. The molecule has 0 spiro atoms. The molecule has 3 heterocycles. The molecule has 3 rings (SSSR count). The molecule has 0 aromatic carbocycles. The van der Waals surface area contributed by atoms with Crippen molar-refractivity contribution >= 4 is 15.9 Å². The zero-order valence-electron chi connectivity index (χ0n) is 10.1. The molecule has 1 aliphatic rings. The van der Waals surface area contributed by atoms with Crippen molar-refractivity contribution in [3.8, 4) is 11.5 Å². The van der Waals surface area contributed by atoms with Gasteiger partial charge in [0.2, 0.25) is 0 Å². The van der Waals surface area contributed by atoms with Crippen molar-refractivity contribution in [1.82, 2.24) is 20.3 Å². The van der Waals surface area contributed by atoms with Crippen LogP contribution in [0.3, 0.4) is 0 Å². The van der Waals surface area contributed by atoms with Crippen LogP contribution >= 0.6 is 15.9 Å². The van der Waals surface area contributed by atoms with Gasteiger partial charge in [-0.1, -0.05) is 0 Å². The number of hydrogen-bond donors (Lipinski definition) is 1. The fourth-order valence-electron chi connectivity index (χ4n) is 2.17. The van der Waals surface area contributed by atoms with E-state index in [1.807, 2.05) is 19.1 Å². The summed E-state index contributed by atoms with van der Waals surface area (Å²) in [4.78, 5) is 13.5. The van der Waals surface area contributed by atoms with Gasteiger partial charge in [-0.15, -0.1) is 0 Å². The Labute approximate surface area is 114 Å². The molecule has 2 aromatic heterocycles. The van der Waals surface area contributed by atoms with Crippen molar-refractivity contribution in [1.29, 1.82) is 0 Å². The normalized spacial score (nSPS) is 14.3. The fraction of sp³-hybridized carbons (Fsp3) is 0.308. The zero-order chi connectivity index (χ0) is 12.5. The number of hydrogen-bond acceptors (Lipinski definition) is 4. The summed E-state index contributed by atoms with van der Waals surface area (Å²) in [5.74, 6) is 0.711. The van der Waals surface area contributed by atoms with E-state index in [2.05, 4.69) is 36.2 Å². The molecule has 0 fully saturated rings. The minimum Gasteiger partial charge on any atom is -0.311 e. The quantitative estimate of drug-likeness (QED) is 0.878. The molecule has 1 N–H and O–H groups in total. The summed E-state index contributed by atoms with van der Waals surface area (Å²) in [6.45, 7) is 3.88. The Balaban J connectivity index is 2.08. The van der Waals surface area contributed by atoms with Gasteiger partial charge in [-0.25, -0.2) is 9.97 Å². The summed E-state index contributed by atoms with van der Waals surface area (Å²) >= 11 is 3.38. The summed E-state index contributed by atoms with van der Waals surface area (Å²) in [6.07, 6.45) is 2.78. The average molecular weight is 305 g/mol. The van der Waals surface area contributed by atoms with Crippen LogP contribution < -0.4 is 5.32 Å². The van der Waals surface area contributed by atoms with Crippen LogP contribution in [0.15, 0.2) is 22.8 Å². The van der Waals surface area contributed by atoms with Crippen LogP contribution in [0.25, 0.3) is 11.5 Å². The highest BCUT2D eigenvalue weighted by Crippen LogP contribution is 2.20. The molecule has 1 aliphatic heterocycles. The number of nitrogens with zero attached hydrogens (tertiary/aromatic N) is 3. The van der Waals surface area contributed by atoms with Crippen molar-refractivity contribution in [2.24, 2.45) is 0 Å². The molecule has 0 radical (unpaired) electrons. The van der Waals surface area contributed by atoms with E-state index < -0.39 is 0 Å². The third-order valence-corrected chi connectivity index (χ3v) is 3.57. The van der Waals surface area contributed by atoms with Crippen molar-refractivity contribution in [2.45, 2.75) is 19.9 Å². The molecule has 4 nitrogen and oxygen atoms in total. The number of rotatable bonds is 1. The third-order valence-electron chi connectivity index (χ3n) is 3.10. The van der Waals surface area contributed by atoms with Crippen molar-refractivity contribution < 1.29 is 0 Å². The minimum absolute atomic E-state index is 0.711. The molecule has 0 bridgehead atoms. The molecule has 0 atom stereocenters. The number of aromatic nitrogens is 3. The van der Waals surface area contributed by atoms with Crippen molar-refractivity contribution in [3.63, 3.8) is 0 Å². The predicted molar refractivity (Wildman–Crippen MR) is 73.1 cm³/mol. The van der Waals surface area contributed by atoms with Gasteiger partial charge in [-0.2, -0.15) is 0 Å². The van der Waals surface area contributed by atoms with E-state index in [9.17, 15) is 0 Å². The van der Waals surface area contributed by atoms with Crippen LogP contribution in [-0.2, 0) is 13.0 Å². The van der Waals surface area contributed by atoms with Gasteiger partial charge >= 0.3 is 0 Å². The highest BCUT2D eigenvalue weighted by molar-refractivity contribution is 9.10. The number of pyridine rings is 1. The van der Waals surface area contributed by atoms with E-state index in [0.29, 0.717) is 5.82 Å². The van der Waals surface area contributed by atoms with Gasteiger partial charge in [-0.05, 0) is 53.5 Å². The summed E-state index contributed by atoms with van der Waals surface area (Å²) < 4.78 is 0.961. The molecule has 5 heteroatoms. The van der Waals surface area contributed by atoms with Gasteiger partial charge in [0, 0.05) is 22.9 Å². The Morgan fingerprint density at radius 1 is 1.28 bits per heavy atom. The first kappa shape index (κ1) is 11.7. The number of nitrogens with one attached hydrogen (secondary N) is 1. The molecule has 0 unspecified atom stereocenters. The fourth-order valence-corrected chi connectivity index (χ4v) is 2.40. The van der Waals surface area contributed by atoms with Gasteiger partial charge in [0.15, 0.2) is 5.82 Å². The number of halogens is 1. The van der Waals surface area contributed by atoms with Gasteiger partial charge in [0.1, 0.15) is 5.69 Å². The molecule has 18 heavy (non-hydrogen) atoms. The molecular formula is C13H13BrN4. The maximum absolute atomic E-state index is 4.62. The van der Waals surface area contributed by atoms with Crippen LogP contribution in [-0.4, -0.2) is 21.5 Å². The smallest absolute Gasteiger partial charge is 0.178 e. The van der Waals surface area contributed by atoms with Gasteiger partial charge in [0.05, 0.1) is 5.69 Å². The van der Waals surface area contributed by atoms with Gasteiger partial charge in [-0.3, -0.25) is 4.98 Å². The monoisotopic (exact) mass is 304 g/mol. The van der Waals surface area contributed by atoms with E-state index in [-0.39, 0.29) is 0 Å². The standard InChI is InChI=1S/C13H13BrN4/c1-8-10-4-5-15-7-12(10)18-13(17-8)11-3-2-9(14)6-16-11/h2-3,6,15H,4-5,7H2,1H3. The highest BCUT2D eigenvalue weighted by Gasteiger charge is 2.16. The molecule has 0 saturated carbocycles. The highest BCUT2D eigenvalue weighted by atomic mass is 79.9.